The highest BCUT2D eigenvalue weighted by atomic mass is 79.9. The fraction of sp³-hybridized carbons (Fsp3) is 0.400. The lowest BCUT2D eigenvalue weighted by Crippen LogP contribution is -2.17. The van der Waals surface area contributed by atoms with Crippen LogP contribution in [-0.4, -0.2) is 13.2 Å². The summed E-state index contributed by atoms with van der Waals surface area (Å²) in [5, 5.41) is -0.136. The molecule has 0 aliphatic carbocycles. The summed E-state index contributed by atoms with van der Waals surface area (Å²) in [5.74, 6) is 0.438. The molecular formula is C20H22Br2Cl2O. The molecule has 0 aliphatic rings. The van der Waals surface area contributed by atoms with E-state index in [1.165, 1.54) is 0 Å². The third-order valence-electron chi connectivity index (χ3n) is 4.14. The lowest BCUT2D eigenvalue weighted by molar-refractivity contribution is 0.0775. The summed E-state index contributed by atoms with van der Waals surface area (Å²) in [5.41, 5.74) is 2.22. The molecule has 0 aliphatic heterocycles. The van der Waals surface area contributed by atoms with Crippen molar-refractivity contribution in [2.24, 2.45) is 11.8 Å². The second-order valence-electron chi connectivity index (χ2n) is 6.40. The van der Waals surface area contributed by atoms with Gasteiger partial charge in [0.15, 0.2) is 0 Å². The van der Waals surface area contributed by atoms with Gasteiger partial charge in [-0.25, -0.2) is 0 Å². The van der Waals surface area contributed by atoms with Crippen LogP contribution in [0.1, 0.15) is 35.7 Å². The SMILES string of the molecule is C[C@H](COC[C@@H](C)C(Cl)c1ccc(Br)cc1)C(Cl)c1ccc(Br)cc1. The topological polar surface area (TPSA) is 9.23 Å². The number of hydrogen-bond acceptors (Lipinski definition) is 1. The Morgan fingerprint density at radius 3 is 1.36 bits per heavy atom. The zero-order chi connectivity index (χ0) is 18.4. The normalized spacial score (nSPS) is 16.2. The molecule has 136 valence electrons. The first-order valence-corrected chi connectivity index (χ1v) is 10.7. The molecule has 5 heteroatoms. The number of hydrogen-bond donors (Lipinski definition) is 0. The van der Waals surface area contributed by atoms with Gasteiger partial charge in [-0.2, -0.15) is 0 Å². The van der Waals surface area contributed by atoms with E-state index < -0.39 is 0 Å². The lowest BCUT2D eigenvalue weighted by Gasteiger charge is -2.22. The smallest absolute Gasteiger partial charge is 0.0632 e. The lowest BCUT2D eigenvalue weighted by atomic mass is 10.0. The van der Waals surface area contributed by atoms with Gasteiger partial charge in [-0.05, 0) is 47.2 Å². The zero-order valence-corrected chi connectivity index (χ0v) is 18.9. The molecule has 0 N–H and O–H groups in total. The van der Waals surface area contributed by atoms with Crippen LogP contribution < -0.4 is 0 Å². The summed E-state index contributed by atoms with van der Waals surface area (Å²) < 4.78 is 8.01. The highest BCUT2D eigenvalue weighted by Crippen LogP contribution is 2.32. The summed E-state index contributed by atoms with van der Waals surface area (Å²) in [6, 6.07) is 16.2. The Morgan fingerprint density at radius 2 is 1.04 bits per heavy atom. The maximum Gasteiger partial charge on any atom is 0.0632 e. The maximum atomic E-state index is 6.57. The van der Waals surface area contributed by atoms with Gasteiger partial charge in [0.05, 0.1) is 24.0 Å². The summed E-state index contributed by atoms with van der Waals surface area (Å²) in [6.07, 6.45) is 0. The van der Waals surface area contributed by atoms with Gasteiger partial charge in [-0.15, -0.1) is 23.2 Å². The van der Waals surface area contributed by atoms with Gasteiger partial charge in [0.2, 0.25) is 0 Å². The Morgan fingerprint density at radius 1 is 0.720 bits per heavy atom. The molecule has 0 spiro atoms. The van der Waals surface area contributed by atoms with E-state index in [0.29, 0.717) is 13.2 Å². The second-order valence-corrected chi connectivity index (χ2v) is 9.17. The third kappa shape index (κ3) is 6.55. The molecule has 0 heterocycles. The van der Waals surface area contributed by atoms with Crippen molar-refractivity contribution in [3.63, 3.8) is 0 Å². The van der Waals surface area contributed by atoms with Crippen molar-refractivity contribution >= 4 is 55.1 Å². The van der Waals surface area contributed by atoms with Crippen LogP contribution in [0.4, 0.5) is 0 Å². The van der Waals surface area contributed by atoms with Crippen LogP contribution in [0.25, 0.3) is 0 Å². The van der Waals surface area contributed by atoms with Crippen molar-refractivity contribution in [1.82, 2.24) is 0 Å². The van der Waals surface area contributed by atoms with Gasteiger partial charge in [0, 0.05) is 8.95 Å². The van der Waals surface area contributed by atoms with Gasteiger partial charge in [-0.1, -0.05) is 70.0 Å². The van der Waals surface area contributed by atoms with Gasteiger partial charge < -0.3 is 4.74 Å². The summed E-state index contributed by atoms with van der Waals surface area (Å²) in [6.45, 7) is 5.44. The molecule has 2 aromatic carbocycles. The monoisotopic (exact) mass is 506 g/mol. The first kappa shape index (κ1) is 21.2. The Labute approximate surface area is 177 Å². The number of benzene rings is 2. The average Bonchev–Trinajstić information content (AvgIpc) is 2.61. The van der Waals surface area contributed by atoms with Gasteiger partial charge in [0.1, 0.15) is 0 Å². The Hall–Kier alpha value is -0.0600. The van der Waals surface area contributed by atoms with Crippen LogP contribution in [0.5, 0.6) is 0 Å². The molecular weight excluding hydrogens is 487 g/mol. The first-order valence-electron chi connectivity index (χ1n) is 8.25. The van der Waals surface area contributed by atoms with E-state index in [1.807, 2.05) is 48.5 Å². The quantitative estimate of drug-likeness (QED) is 0.331. The fourth-order valence-electron chi connectivity index (χ4n) is 2.56. The molecule has 25 heavy (non-hydrogen) atoms. The van der Waals surface area contributed by atoms with Crippen molar-refractivity contribution in [2.75, 3.05) is 13.2 Å². The van der Waals surface area contributed by atoms with Crippen LogP contribution in [0.3, 0.4) is 0 Å². The van der Waals surface area contributed by atoms with Crippen LogP contribution in [0, 0.1) is 11.8 Å². The number of ether oxygens (including phenoxy) is 1. The minimum absolute atomic E-state index is 0.0679. The first-order chi connectivity index (χ1) is 11.9. The van der Waals surface area contributed by atoms with Gasteiger partial charge in [-0.3, -0.25) is 0 Å². The van der Waals surface area contributed by atoms with Crippen LogP contribution in [0.2, 0.25) is 0 Å². The summed E-state index contributed by atoms with van der Waals surface area (Å²) in [7, 11) is 0. The van der Waals surface area contributed by atoms with E-state index >= 15 is 0 Å². The standard InChI is InChI=1S/C20H22Br2Cl2O/c1-13(19(23)15-3-7-17(21)8-4-15)11-25-12-14(2)20(24)16-5-9-18(22)10-6-16/h3-10,13-14,19-20H,11-12H2,1-2H3/t13-,14-,19?,20?/m1/s1. The van der Waals surface area contributed by atoms with Gasteiger partial charge >= 0.3 is 0 Å². The Bertz CT molecular complexity index is 588. The molecule has 0 amide bonds. The molecule has 1 nitrogen and oxygen atoms in total. The van der Waals surface area contributed by atoms with Gasteiger partial charge in [0.25, 0.3) is 0 Å². The van der Waals surface area contributed by atoms with Crippen molar-refractivity contribution in [1.29, 1.82) is 0 Å². The summed E-state index contributed by atoms with van der Waals surface area (Å²) >= 11 is 20.0. The second kappa shape index (κ2) is 10.3. The van der Waals surface area contributed by atoms with Crippen molar-refractivity contribution < 1.29 is 4.74 Å². The highest BCUT2D eigenvalue weighted by molar-refractivity contribution is 9.10. The fourth-order valence-corrected chi connectivity index (χ4v) is 3.52. The minimum atomic E-state index is -0.0679. The van der Waals surface area contributed by atoms with E-state index in [0.717, 1.165) is 20.1 Å². The molecule has 4 atom stereocenters. The van der Waals surface area contributed by atoms with E-state index in [2.05, 4.69) is 45.7 Å². The Kier molecular flexibility index (Phi) is 8.77. The molecule has 0 radical (unpaired) electrons. The molecule has 2 unspecified atom stereocenters. The predicted molar refractivity (Wildman–Crippen MR) is 115 cm³/mol. The van der Waals surface area contributed by atoms with E-state index in [-0.39, 0.29) is 22.6 Å². The van der Waals surface area contributed by atoms with Crippen molar-refractivity contribution in [3.05, 3.63) is 68.6 Å². The predicted octanol–water partition coefficient (Wildman–Crippen LogP) is 7.76. The highest BCUT2D eigenvalue weighted by Gasteiger charge is 2.20. The molecule has 0 saturated carbocycles. The largest absolute Gasteiger partial charge is 0.381 e. The molecule has 0 bridgehead atoms. The molecule has 0 fully saturated rings. The van der Waals surface area contributed by atoms with Crippen LogP contribution in [0.15, 0.2) is 57.5 Å². The number of alkyl halides is 2. The van der Waals surface area contributed by atoms with E-state index in [9.17, 15) is 0 Å². The average molecular weight is 509 g/mol. The Balaban J connectivity index is 1.80. The van der Waals surface area contributed by atoms with E-state index in [1.54, 1.807) is 0 Å². The number of halogens is 4. The maximum absolute atomic E-state index is 6.57. The molecule has 2 aromatic rings. The number of rotatable bonds is 8. The molecule has 2 rings (SSSR count). The van der Waals surface area contributed by atoms with Crippen molar-refractivity contribution in [2.45, 2.75) is 24.6 Å². The molecule has 0 aromatic heterocycles. The van der Waals surface area contributed by atoms with E-state index in [4.69, 9.17) is 27.9 Å². The van der Waals surface area contributed by atoms with Crippen LogP contribution in [-0.2, 0) is 4.74 Å². The third-order valence-corrected chi connectivity index (χ3v) is 6.56. The minimum Gasteiger partial charge on any atom is -0.381 e. The zero-order valence-electron chi connectivity index (χ0n) is 14.3. The van der Waals surface area contributed by atoms with Crippen LogP contribution >= 0.6 is 55.1 Å². The molecule has 0 saturated heterocycles. The summed E-state index contributed by atoms with van der Waals surface area (Å²) in [4.78, 5) is 0. The van der Waals surface area contributed by atoms with Crippen molar-refractivity contribution in [3.8, 4) is 0 Å².